The molecule has 0 aromatic carbocycles. The second-order valence-electron chi connectivity index (χ2n) is 2.82. The van der Waals surface area contributed by atoms with Crippen LogP contribution in [0.3, 0.4) is 0 Å². The second-order valence-corrected chi connectivity index (χ2v) is 3.83. The summed E-state index contributed by atoms with van der Waals surface area (Å²) in [4.78, 5) is 0. The molecule has 0 fully saturated rings. The van der Waals surface area contributed by atoms with Crippen LogP contribution in [0, 0.1) is 13.8 Å². The number of anilines is 1. The lowest BCUT2D eigenvalue weighted by molar-refractivity contribution is 0.577. The average Bonchev–Trinajstić information content (AvgIpc) is 2.62. The van der Waals surface area contributed by atoms with Gasteiger partial charge >= 0.3 is 0 Å². The number of nitrogen functional groups attached to an aromatic ring is 1. The van der Waals surface area contributed by atoms with Gasteiger partial charge in [-0.25, -0.2) is 0 Å². The molecular formula is C8H9N3OS. The minimum Gasteiger partial charge on any atom is -0.461 e. The summed E-state index contributed by atoms with van der Waals surface area (Å²) in [6, 6.07) is 0. The summed E-state index contributed by atoms with van der Waals surface area (Å²) >= 11 is 1.33. The fourth-order valence-corrected chi connectivity index (χ4v) is 1.70. The zero-order valence-electron chi connectivity index (χ0n) is 7.37. The summed E-state index contributed by atoms with van der Waals surface area (Å²) in [5, 5.41) is 8.84. The molecule has 68 valence electrons. The molecular weight excluding hydrogens is 186 g/mol. The van der Waals surface area contributed by atoms with Crippen LogP contribution in [-0.4, -0.2) is 10.2 Å². The zero-order valence-corrected chi connectivity index (χ0v) is 8.18. The maximum Gasteiger partial charge on any atom is 0.203 e. The molecule has 2 heterocycles. The van der Waals surface area contributed by atoms with Gasteiger partial charge in [-0.2, -0.15) is 0 Å². The van der Waals surface area contributed by atoms with E-state index in [4.69, 9.17) is 10.2 Å². The fraction of sp³-hybridized carbons (Fsp3) is 0.250. The number of aryl methyl sites for hydroxylation is 1. The van der Waals surface area contributed by atoms with Crippen molar-refractivity contribution in [2.45, 2.75) is 13.8 Å². The summed E-state index contributed by atoms with van der Waals surface area (Å²) < 4.78 is 5.35. The summed E-state index contributed by atoms with van der Waals surface area (Å²) in [6.07, 6.45) is 1.71. The fourth-order valence-electron chi connectivity index (χ4n) is 1.04. The molecule has 0 saturated carbocycles. The molecule has 2 aromatic rings. The molecule has 0 amide bonds. The zero-order chi connectivity index (χ0) is 9.42. The van der Waals surface area contributed by atoms with Gasteiger partial charge in [-0.1, -0.05) is 11.3 Å². The van der Waals surface area contributed by atoms with E-state index in [-0.39, 0.29) is 0 Å². The summed E-state index contributed by atoms with van der Waals surface area (Å²) in [7, 11) is 0. The van der Waals surface area contributed by atoms with E-state index in [2.05, 4.69) is 10.2 Å². The van der Waals surface area contributed by atoms with Gasteiger partial charge in [0.2, 0.25) is 5.13 Å². The molecule has 0 aliphatic rings. The van der Waals surface area contributed by atoms with Gasteiger partial charge in [0.25, 0.3) is 0 Å². The highest BCUT2D eigenvalue weighted by molar-refractivity contribution is 7.18. The van der Waals surface area contributed by atoms with Crippen molar-refractivity contribution in [3.8, 4) is 10.8 Å². The van der Waals surface area contributed by atoms with Crippen molar-refractivity contribution in [3.05, 3.63) is 17.4 Å². The van der Waals surface area contributed by atoms with Crippen LogP contribution in [0.25, 0.3) is 10.8 Å². The number of rotatable bonds is 1. The molecule has 0 bridgehead atoms. The highest BCUT2D eigenvalue weighted by Gasteiger charge is 2.12. The predicted octanol–water partition coefficient (Wildman–Crippen LogP) is 2.00. The lowest BCUT2D eigenvalue weighted by Gasteiger charge is -1.90. The third-order valence-corrected chi connectivity index (χ3v) is 2.67. The monoisotopic (exact) mass is 195 g/mol. The van der Waals surface area contributed by atoms with Gasteiger partial charge in [-0.05, 0) is 19.4 Å². The Kier molecular flexibility index (Phi) is 1.81. The number of aromatic nitrogens is 2. The van der Waals surface area contributed by atoms with Crippen LogP contribution in [0.5, 0.6) is 0 Å². The predicted molar refractivity (Wildman–Crippen MR) is 51.5 cm³/mol. The molecule has 0 aliphatic heterocycles. The van der Waals surface area contributed by atoms with Crippen molar-refractivity contribution >= 4 is 16.5 Å². The lowest BCUT2D eigenvalue weighted by atomic mass is 10.2. The van der Waals surface area contributed by atoms with Crippen LogP contribution in [-0.2, 0) is 0 Å². The number of nitrogens with zero attached hydrogens (tertiary/aromatic N) is 2. The van der Waals surface area contributed by atoms with Crippen LogP contribution in [0.4, 0.5) is 5.13 Å². The molecule has 13 heavy (non-hydrogen) atoms. The van der Waals surface area contributed by atoms with E-state index >= 15 is 0 Å². The first-order chi connectivity index (χ1) is 6.18. The Bertz CT molecular complexity index is 432. The SMILES string of the molecule is Cc1coc(-c2nnc(N)s2)c1C. The molecule has 0 saturated heterocycles. The van der Waals surface area contributed by atoms with Crippen molar-refractivity contribution in [3.63, 3.8) is 0 Å². The highest BCUT2D eigenvalue weighted by Crippen LogP contribution is 2.29. The first kappa shape index (κ1) is 8.25. The van der Waals surface area contributed by atoms with E-state index in [0.29, 0.717) is 5.13 Å². The van der Waals surface area contributed by atoms with Crippen LogP contribution < -0.4 is 5.73 Å². The summed E-state index contributed by atoms with van der Waals surface area (Å²) in [5.74, 6) is 0.770. The van der Waals surface area contributed by atoms with Crippen LogP contribution >= 0.6 is 11.3 Å². The summed E-state index contributed by atoms with van der Waals surface area (Å²) in [5.41, 5.74) is 7.68. The number of hydrogen-bond acceptors (Lipinski definition) is 5. The van der Waals surface area contributed by atoms with Gasteiger partial charge in [0.1, 0.15) is 0 Å². The first-order valence-electron chi connectivity index (χ1n) is 3.82. The largest absolute Gasteiger partial charge is 0.461 e. The Balaban J connectivity index is 2.52. The molecule has 2 aromatic heterocycles. The van der Waals surface area contributed by atoms with E-state index < -0.39 is 0 Å². The van der Waals surface area contributed by atoms with Gasteiger partial charge < -0.3 is 10.2 Å². The van der Waals surface area contributed by atoms with E-state index in [0.717, 1.165) is 21.9 Å². The molecule has 5 heteroatoms. The minimum absolute atomic E-state index is 0.462. The lowest BCUT2D eigenvalue weighted by Crippen LogP contribution is -1.80. The van der Waals surface area contributed by atoms with Gasteiger partial charge in [0, 0.05) is 5.56 Å². The first-order valence-corrected chi connectivity index (χ1v) is 4.64. The Morgan fingerprint density at radius 1 is 1.38 bits per heavy atom. The molecule has 2 rings (SSSR count). The number of nitrogens with two attached hydrogens (primary N) is 1. The van der Waals surface area contributed by atoms with E-state index in [1.54, 1.807) is 6.26 Å². The molecule has 4 nitrogen and oxygen atoms in total. The topological polar surface area (TPSA) is 64.9 Å². The minimum atomic E-state index is 0.462. The Hall–Kier alpha value is -1.36. The molecule has 0 unspecified atom stereocenters. The van der Waals surface area contributed by atoms with Gasteiger partial charge in [0.05, 0.1) is 6.26 Å². The Labute approximate surface area is 79.4 Å². The standard InChI is InChI=1S/C8H9N3OS/c1-4-3-12-6(5(4)2)7-10-11-8(9)13-7/h3H,1-2H3,(H2,9,11). The summed E-state index contributed by atoms with van der Waals surface area (Å²) in [6.45, 7) is 3.98. The third-order valence-electron chi connectivity index (χ3n) is 1.92. The van der Waals surface area contributed by atoms with Crippen molar-refractivity contribution < 1.29 is 4.42 Å². The number of furan rings is 1. The normalized spacial score (nSPS) is 10.6. The highest BCUT2D eigenvalue weighted by atomic mass is 32.1. The molecule has 0 radical (unpaired) electrons. The van der Waals surface area contributed by atoms with Crippen LogP contribution in [0.1, 0.15) is 11.1 Å². The number of hydrogen-bond donors (Lipinski definition) is 1. The van der Waals surface area contributed by atoms with E-state index in [9.17, 15) is 0 Å². The van der Waals surface area contributed by atoms with Crippen molar-refractivity contribution in [1.29, 1.82) is 0 Å². The van der Waals surface area contributed by atoms with Gasteiger partial charge in [-0.3, -0.25) is 0 Å². The average molecular weight is 195 g/mol. The van der Waals surface area contributed by atoms with Crippen LogP contribution in [0.15, 0.2) is 10.7 Å². The van der Waals surface area contributed by atoms with Gasteiger partial charge in [0.15, 0.2) is 10.8 Å². The quantitative estimate of drug-likeness (QED) is 0.755. The smallest absolute Gasteiger partial charge is 0.203 e. The maximum absolute atomic E-state index is 5.48. The molecule has 0 aliphatic carbocycles. The van der Waals surface area contributed by atoms with Crippen molar-refractivity contribution in [2.24, 2.45) is 0 Å². The van der Waals surface area contributed by atoms with E-state index in [1.165, 1.54) is 11.3 Å². The van der Waals surface area contributed by atoms with Crippen molar-refractivity contribution in [1.82, 2.24) is 10.2 Å². The molecule has 0 spiro atoms. The maximum atomic E-state index is 5.48. The van der Waals surface area contributed by atoms with E-state index in [1.807, 2.05) is 13.8 Å². The van der Waals surface area contributed by atoms with Gasteiger partial charge in [-0.15, -0.1) is 10.2 Å². The van der Waals surface area contributed by atoms with Crippen LogP contribution in [0.2, 0.25) is 0 Å². The second kappa shape index (κ2) is 2.85. The van der Waals surface area contributed by atoms with Crippen molar-refractivity contribution in [2.75, 3.05) is 5.73 Å². The molecule has 2 N–H and O–H groups in total. The Morgan fingerprint density at radius 3 is 2.62 bits per heavy atom. The molecule has 0 atom stereocenters. The Morgan fingerprint density at radius 2 is 2.15 bits per heavy atom. The third kappa shape index (κ3) is 1.31.